The van der Waals surface area contributed by atoms with Gasteiger partial charge in [0.1, 0.15) is 0 Å². The zero-order valence-corrected chi connectivity index (χ0v) is 23.2. The van der Waals surface area contributed by atoms with Gasteiger partial charge in [-0.1, -0.05) is 43.1 Å². The number of halogens is 2. The molecule has 1 unspecified atom stereocenters. The Morgan fingerprint density at radius 3 is 2.17 bits per heavy atom. The van der Waals surface area contributed by atoms with Crippen LogP contribution in [0.15, 0.2) is 30.3 Å². The van der Waals surface area contributed by atoms with Crippen LogP contribution in [0.25, 0.3) is 0 Å². The standard InChI is InChI=1S/C27H37Cl2N3O4/c1-17(2)23(31-27(33)30-20-14-24(34-3)26(36-5)25(15-20)35-4)16-32-10-8-18(9-11-32)12-19-6-7-21(28)22(29)13-19/h6-7,13-15,17-18,23H,8-12,16H2,1-5H3,(H2,30,31,33). The van der Waals surface area contributed by atoms with Gasteiger partial charge in [0, 0.05) is 24.7 Å². The fourth-order valence-corrected chi connectivity index (χ4v) is 4.88. The molecule has 0 aromatic heterocycles. The molecule has 2 aromatic rings. The molecule has 2 N–H and O–H groups in total. The molecule has 0 radical (unpaired) electrons. The summed E-state index contributed by atoms with van der Waals surface area (Å²) in [7, 11) is 4.64. The molecule has 198 valence electrons. The zero-order valence-electron chi connectivity index (χ0n) is 21.7. The highest BCUT2D eigenvalue weighted by atomic mass is 35.5. The number of amides is 2. The molecule has 1 saturated heterocycles. The third-order valence-electron chi connectivity index (χ3n) is 6.71. The molecule has 1 fully saturated rings. The second-order valence-corrected chi connectivity index (χ2v) is 10.4. The van der Waals surface area contributed by atoms with E-state index >= 15 is 0 Å². The van der Waals surface area contributed by atoms with Crippen molar-refractivity contribution >= 4 is 34.9 Å². The summed E-state index contributed by atoms with van der Waals surface area (Å²) in [5, 5.41) is 7.26. The van der Waals surface area contributed by atoms with Crippen molar-refractivity contribution in [3.05, 3.63) is 45.9 Å². The van der Waals surface area contributed by atoms with Crippen molar-refractivity contribution in [1.29, 1.82) is 0 Å². The van der Waals surface area contributed by atoms with Crippen LogP contribution in [0.2, 0.25) is 10.0 Å². The number of piperidine rings is 1. The Kier molecular flexibility index (Phi) is 10.4. The summed E-state index contributed by atoms with van der Waals surface area (Å²) in [6.07, 6.45) is 3.24. The molecule has 0 spiro atoms. The van der Waals surface area contributed by atoms with Crippen molar-refractivity contribution in [3.8, 4) is 17.2 Å². The van der Waals surface area contributed by atoms with Crippen molar-refractivity contribution < 1.29 is 19.0 Å². The van der Waals surface area contributed by atoms with Gasteiger partial charge >= 0.3 is 6.03 Å². The molecular weight excluding hydrogens is 501 g/mol. The Labute approximate surface area is 224 Å². The number of ether oxygens (including phenoxy) is 3. The third-order valence-corrected chi connectivity index (χ3v) is 7.45. The molecule has 3 rings (SSSR count). The molecular formula is C27H37Cl2N3O4. The van der Waals surface area contributed by atoms with Crippen molar-refractivity contribution in [3.63, 3.8) is 0 Å². The molecule has 7 nitrogen and oxygen atoms in total. The Bertz CT molecular complexity index is 1000. The molecule has 0 saturated carbocycles. The minimum absolute atomic E-state index is 0.0126. The number of nitrogens with zero attached hydrogens (tertiary/aromatic N) is 1. The van der Waals surface area contributed by atoms with Gasteiger partial charge in [-0.2, -0.15) is 0 Å². The first-order valence-electron chi connectivity index (χ1n) is 12.3. The van der Waals surface area contributed by atoms with Crippen LogP contribution in [-0.2, 0) is 6.42 Å². The predicted octanol–water partition coefficient (Wildman–Crippen LogP) is 6.12. The number of urea groups is 1. The van der Waals surface area contributed by atoms with Crippen LogP contribution >= 0.6 is 23.2 Å². The average Bonchev–Trinajstić information content (AvgIpc) is 2.86. The van der Waals surface area contributed by atoms with Crippen molar-refractivity contribution in [2.45, 2.75) is 39.2 Å². The van der Waals surface area contributed by atoms with E-state index in [0.29, 0.717) is 38.9 Å². The van der Waals surface area contributed by atoms with Crippen molar-refractivity contribution in [2.75, 3.05) is 46.3 Å². The van der Waals surface area contributed by atoms with E-state index in [4.69, 9.17) is 37.4 Å². The minimum atomic E-state index is -0.266. The fourth-order valence-electron chi connectivity index (χ4n) is 4.56. The first kappa shape index (κ1) is 28.2. The second-order valence-electron chi connectivity index (χ2n) is 9.56. The summed E-state index contributed by atoms with van der Waals surface area (Å²) in [4.78, 5) is 15.3. The largest absolute Gasteiger partial charge is 0.493 e. The highest BCUT2D eigenvalue weighted by Crippen LogP contribution is 2.40. The monoisotopic (exact) mass is 537 g/mol. The lowest BCUT2D eigenvalue weighted by molar-refractivity contribution is 0.157. The quantitative estimate of drug-likeness (QED) is 0.382. The number of rotatable bonds is 10. The van der Waals surface area contributed by atoms with E-state index in [2.05, 4.69) is 35.4 Å². The van der Waals surface area contributed by atoms with Gasteiger partial charge in [0.25, 0.3) is 0 Å². The molecule has 9 heteroatoms. The fraction of sp³-hybridized carbons (Fsp3) is 0.519. The summed E-state index contributed by atoms with van der Waals surface area (Å²) in [5.74, 6) is 2.35. The number of hydrogen-bond acceptors (Lipinski definition) is 5. The number of benzene rings is 2. The minimum Gasteiger partial charge on any atom is -0.493 e. The summed E-state index contributed by atoms with van der Waals surface area (Å²) in [6, 6.07) is 9.08. The van der Waals surface area contributed by atoms with Crippen LogP contribution in [0.1, 0.15) is 32.3 Å². The van der Waals surface area contributed by atoms with Gasteiger partial charge in [-0.05, 0) is 61.9 Å². The highest BCUT2D eigenvalue weighted by Gasteiger charge is 2.25. The van der Waals surface area contributed by atoms with Crippen LogP contribution in [-0.4, -0.2) is 57.9 Å². The van der Waals surface area contributed by atoms with Gasteiger partial charge in [0.2, 0.25) is 5.75 Å². The van der Waals surface area contributed by atoms with Gasteiger partial charge in [0.15, 0.2) is 11.5 Å². The van der Waals surface area contributed by atoms with Gasteiger partial charge in [-0.3, -0.25) is 0 Å². The number of carbonyl (C=O) groups excluding carboxylic acids is 1. The van der Waals surface area contributed by atoms with Crippen LogP contribution in [0.3, 0.4) is 0 Å². The number of anilines is 1. The molecule has 0 aliphatic carbocycles. The summed E-state index contributed by atoms with van der Waals surface area (Å²) < 4.78 is 16.1. The smallest absolute Gasteiger partial charge is 0.319 e. The summed E-state index contributed by atoms with van der Waals surface area (Å²) in [5.41, 5.74) is 1.79. The van der Waals surface area contributed by atoms with E-state index in [1.54, 1.807) is 33.5 Å². The lowest BCUT2D eigenvalue weighted by Crippen LogP contribution is -2.49. The number of likely N-dealkylation sites (tertiary alicyclic amines) is 1. The number of hydrogen-bond donors (Lipinski definition) is 2. The first-order chi connectivity index (χ1) is 17.2. The van der Waals surface area contributed by atoms with E-state index in [-0.39, 0.29) is 18.0 Å². The van der Waals surface area contributed by atoms with E-state index in [9.17, 15) is 4.79 Å². The molecule has 0 bridgehead atoms. The maximum atomic E-state index is 12.9. The summed E-state index contributed by atoms with van der Waals surface area (Å²) >= 11 is 12.2. The zero-order chi connectivity index (χ0) is 26.2. The van der Waals surface area contributed by atoms with Gasteiger partial charge < -0.3 is 29.7 Å². The summed E-state index contributed by atoms with van der Waals surface area (Å²) in [6.45, 7) is 7.07. The van der Waals surface area contributed by atoms with Gasteiger partial charge in [-0.15, -0.1) is 0 Å². The lowest BCUT2D eigenvalue weighted by Gasteiger charge is -2.35. The maximum absolute atomic E-state index is 12.9. The van der Waals surface area contributed by atoms with E-state index in [1.807, 2.05) is 12.1 Å². The Morgan fingerprint density at radius 1 is 1.00 bits per heavy atom. The van der Waals surface area contributed by atoms with Crippen LogP contribution < -0.4 is 24.8 Å². The molecule has 1 heterocycles. The first-order valence-corrected chi connectivity index (χ1v) is 13.0. The van der Waals surface area contributed by atoms with Crippen molar-refractivity contribution in [1.82, 2.24) is 10.2 Å². The Hall–Kier alpha value is -2.35. The molecule has 2 aromatic carbocycles. The van der Waals surface area contributed by atoms with Gasteiger partial charge in [0.05, 0.1) is 37.1 Å². The third kappa shape index (κ3) is 7.58. The molecule has 1 aliphatic heterocycles. The van der Waals surface area contributed by atoms with Gasteiger partial charge in [-0.25, -0.2) is 4.79 Å². The lowest BCUT2D eigenvalue weighted by atomic mass is 9.89. The second kappa shape index (κ2) is 13.3. The predicted molar refractivity (Wildman–Crippen MR) is 146 cm³/mol. The Morgan fingerprint density at radius 2 is 1.64 bits per heavy atom. The van der Waals surface area contributed by atoms with E-state index < -0.39 is 0 Å². The normalized spacial score (nSPS) is 15.4. The average molecular weight is 539 g/mol. The molecule has 2 amide bonds. The molecule has 1 atom stereocenters. The van der Waals surface area contributed by atoms with Crippen LogP contribution in [0.5, 0.6) is 17.2 Å². The maximum Gasteiger partial charge on any atom is 0.319 e. The van der Waals surface area contributed by atoms with Crippen LogP contribution in [0.4, 0.5) is 10.5 Å². The number of methoxy groups -OCH3 is 3. The highest BCUT2D eigenvalue weighted by molar-refractivity contribution is 6.42. The Balaban J connectivity index is 1.53. The topological polar surface area (TPSA) is 72.1 Å². The number of nitrogens with one attached hydrogen (secondary N) is 2. The van der Waals surface area contributed by atoms with Crippen molar-refractivity contribution in [2.24, 2.45) is 11.8 Å². The van der Waals surface area contributed by atoms with Crippen LogP contribution in [0, 0.1) is 11.8 Å². The van der Waals surface area contributed by atoms with E-state index in [1.165, 1.54) is 5.56 Å². The SMILES string of the molecule is COc1cc(NC(=O)NC(CN2CCC(Cc3ccc(Cl)c(Cl)c3)CC2)C(C)C)cc(OC)c1OC. The molecule has 36 heavy (non-hydrogen) atoms. The number of carbonyl (C=O) groups is 1. The van der Waals surface area contributed by atoms with E-state index in [0.717, 1.165) is 38.9 Å². The molecule has 1 aliphatic rings.